The van der Waals surface area contributed by atoms with Crippen LogP contribution in [0.15, 0.2) is 12.4 Å². The van der Waals surface area contributed by atoms with Crippen molar-refractivity contribution in [3.05, 3.63) is 18.1 Å². The zero-order chi connectivity index (χ0) is 13.8. The Morgan fingerprint density at radius 2 is 2.21 bits per heavy atom. The van der Waals surface area contributed by atoms with E-state index in [0.717, 1.165) is 25.9 Å². The Balaban J connectivity index is 2.05. The summed E-state index contributed by atoms with van der Waals surface area (Å²) in [5.74, 6) is 0.642. The highest BCUT2D eigenvalue weighted by Gasteiger charge is 2.26. The summed E-state index contributed by atoms with van der Waals surface area (Å²) in [4.78, 5) is 24.7. The van der Waals surface area contributed by atoms with Gasteiger partial charge in [0.25, 0.3) is 5.91 Å². The van der Waals surface area contributed by atoms with Gasteiger partial charge in [0.15, 0.2) is 0 Å². The maximum absolute atomic E-state index is 12.4. The fourth-order valence-corrected chi connectivity index (χ4v) is 2.29. The first-order chi connectivity index (χ1) is 9.11. The Morgan fingerprint density at radius 1 is 1.42 bits per heavy atom. The van der Waals surface area contributed by atoms with Crippen LogP contribution >= 0.6 is 0 Å². The number of rotatable bonds is 3. The van der Waals surface area contributed by atoms with Gasteiger partial charge in [-0.1, -0.05) is 0 Å². The van der Waals surface area contributed by atoms with Crippen LogP contribution in [0.4, 0.5) is 5.82 Å². The van der Waals surface area contributed by atoms with Crippen LogP contribution in [0, 0.1) is 0 Å². The van der Waals surface area contributed by atoms with E-state index in [0.29, 0.717) is 17.6 Å². The molecule has 1 aliphatic heterocycles. The first-order valence-electron chi connectivity index (χ1n) is 6.57. The molecule has 1 saturated heterocycles. The fourth-order valence-electron chi connectivity index (χ4n) is 2.29. The molecule has 1 aromatic rings. The average Bonchev–Trinajstić information content (AvgIpc) is 2.46. The molecule has 1 aromatic heterocycles. The molecule has 0 saturated carbocycles. The lowest BCUT2D eigenvalue weighted by molar-refractivity contribution is 0.0629. The number of piperidine rings is 1. The second kappa shape index (κ2) is 5.97. The van der Waals surface area contributed by atoms with E-state index >= 15 is 0 Å². The van der Waals surface area contributed by atoms with Crippen molar-refractivity contribution in [3.63, 3.8) is 0 Å². The van der Waals surface area contributed by atoms with Gasteiger partial charge in [-0.05, 0) is 26.9 Å². The van der Waals surface area contributed by atoms with Gasteiger partial charge < -0.3 is 15.1 Å². The van der Waals surface area contributed by atoms with Gasteiger partial charge in [-0.25, -0.2) is 9.97 Å². The van der Waals surface area contributed by atoms with Gasteiger partial charge in [0.2, 0.25) is 0 Å². The van der Waals surface area contributed by atoms with Gasteiger partial charge >= 0.3 is 0 Å². The average molecular weight is 263 g/mol. The minimum atomic E-state index is -0.0262. The van der Waals surface area contributed by atoms with Crippen molar-refractivity contribution in [2.75, 3.05) is 39.5 Å². The first-order valence-corrected chi connectivity index (χ1v) is 6.57. The Kier molecular flexibility index (Phi) is 4.31. The van der Waals surface area contributed by atoms with Gasteiger partial charge in [-0.15, -0.1) is 0 Å². The molecule has 1 aliphatic rings. The van der Waals surface area contributed by atoms with Gasteiger partial charge in [0.1, 0.15) is 11.5 Å². The van der Waals surface area contributed by atoms with Crippen LogP contribution in [0.3, 0.4) is 0 Å². The van der Waals surface area contributed by atoms with Gasteiger partial charge in [0, 0.05) is 26.2 Å². The predicted octanol–water partition coefficient (Wildman–Crippen LogP) is 0.684. The zero-order valence-electron chi connectivity index (χ0n) is 11.8. The molecule has 1 unspecified atom stereocenters. The van der Waals surface area contributed by atoms with Crippen molar-refractivity contribution in [2.24, 2.45) is 0 Å². The molecule has 6 heteroatoms. The summed E-state index contributed by atoms with van der Waals surface area (Å²) in [7, 11) is 5.89. The summed E-state index contributed by atoms with van der Waals surface area (Å²) >= 11 is 0. The molecule has 0 spiro atoms. The van der Waals surface area contributed by atoms with Crippen molar-refractivity contribution in [1.29, 1.82) is 0 Å². The molecular formula is C13H21N5O. The van der Waals surface area contributed by atoms with E-state index in [1.807, 2.05) is 4.90 Å². The smallest absolute Gasteiger partial charge is 0.274 e. The molecule has 19 heavy (non-hydrogen) atoms. The minimum Gasteiger partial charge on any atom is -0.372 e. The number of hydrogen-bond acceptors (Lipinski definition) is 5. The van der Waals surface area contributed by atoms with E-state index in [2.05, 4.69) is 34.3 Å². The number of carbonyl (C=O) groups excluding carboxylic acids is 1. The molecular weight excluding hydrogens is 242 g/mol. The van der Waals surface area contributed by atoms with Crippen molar-refractivity contribution >= 4 is 11.7 Å². The lowest BCUT2D eigenvalue weighted by Gasteiger charge is -2.35. The van der Waals surface area contributed by atoms with Gasteiger partial charge in [-0.2, -0.15) is 0 Å². The Bertz CT molecular complexity index is 431. The van der Waals surface area contributed by atoms with E-state index in [9.17, 15) is 4.79 Å². The molecule has 0 bridgehead atoms. The fraction of sp³-hybridized carbons (Fsp3) is 0.615. The number of anilines is 1. The van der Waals surface area contributed by atoms with Crippen LogP contribution in [-0.4, -0.2) is 65.9 Å². The number of hydrogen-bond donors (Lipinski definition) is 1. The maximum atomic E-state index is 12.4. The number of nitrogens with one attached hydrogen (secondary N) is 1. The van der Waals surface area contributed by atoms with Crippen molar-refractivity contribution < 1.29 is 4.79 Å². The summed E-state index contributed by atoms with van der Waals surface area (Å²) < 4.78 is 0. The number of aromatic nitrogens is 2. The number of likely N-dealkylation sites (N-methyl/N-ethyl adjacent to an activating group) is 1. The zero-order valence-corrected chi connectivity index (χ0v) is 11.8. The Morgan fingerprint density at radius 3 is 2.79 bits per heavy atom. The van der Waals surface area contributed by atoms with Crippen LogP contribution in [-0.2, 0) is 0 Å². The van der Waals surface area contributed by atoms with E-state index in [-0.39, 0.29) is 5.91 Å². The molecule has 0 aliphatic carbocycles. The molecule has 2 rings (SSSR count). The molecule has 6 nitrogen and oxygen atoms in total. The van der Waals surface area contributed by atoms with Crippen molar-refractivity contribution in [1.82, 2.24) is 19.8 Å². The second-order valence-electron chi connectivity index (χ2n) is 5.05. The Labute approximate surface area is 113 Å². The lowest BCUT2D eigenvalue weighted by Crippen LogP contribution is -2.47. The summed E-state index contributed by atoms with van der Waals surface area (Å²) in [5, 5.41) is 2.89. The van der Waals surface area contributed by atoms with Crippen LogP contribution in [0.1, 0.15) is 23.3 Å². The van der Waals surface area contributed by atoms with Crippen LogP contribution in [0.2, 0.25) is 0 Å². The largest absolute Gasteiger partial charge is 0.372 e. The molecule has 104 valence electrons. The number of carbonyl (C=O) groups is 1. The summed E-state index contributed by atoms with van der Waals surface area (Å²) in [5.41, 5.74) is 0.415. The van der Waals surface area contributed by atoms with E-state index in [1.165, 1.54) is 6.20 Å². The highest BCUT2D eigenvalue weighted by Crippen LogP contribution is 2.15. The molecule has 1 atom stereocenters. The van der Waals surface area contributed by atoms with Crippen LogP contribution in [0.5, 0.6) is 0 Å². The Hall–Kier alpha value is -1.69. The van der Waals surface area contributed by atoms with Crippen LogP contribution in [0.25, 0.3) is 0 Å². The van der Waals surface area contributed by atoms with E-state index in [1.54, 1.807) is 13.2 Å². The quantitative estimate of drug-likeness (QED) is 0.869. The number of nitrogens with zero attached hydrogens (tertiary/aromatic N) is 4. The second-order valence-corrected chi connectivity index (χ2v) is 5.05. The number of amides is 1. The van der Waals surface area contributed by atoms with Gasteiger partial charge in [-0.3, -0.25) is 4.79 Å². The van der Waals surface area contributed by atoms with Crippen LogP contribution < -0.4 is 5.32 Å². The van der Waals surface area contributed by atoms with Gasteiger partial charge in [0.05, 0.1) is 12.4 Å². The number of likely N-dealkylation sites (tertiary alicyclic amines) is 1. The van der Waals surface area contributed by atoms with Crippen molar-refractivity contribution in [3.8, 4) is 0 Å². The molecule has 1 N–H and O–H groups in total. The third-order valence-corrected chi connectivity index (χ3v) is 3.54. The third-order valence-electron chi connectivity index (χ3n) is 3.54. The predicted molar refractivity (Wildman–Crippen MR) is 74.2 cm³/mol. The standard InChI is InChI=1S/C13H21N5O/c1-14-12-8-15-11(7-16-12)13(19)18-6-4-5-10(9-18)17(2)3/h7-8,10H,4-6,9H2,1-3H3,(H,14,16). The first kappa shape index (κ1) is 13.7. The summed E-state index contributed by atoms with van der Waals surface area (Å²) in [6.45, 7) is 1.57. The summed E-state index contributed by atoms with van der Waals surface area (Å²) in [6.07, 6.45) is 5.30. The molecule has 1 fully saturated rings. The van der Waals surface area contributed by atoms with E-state index < -0.39 is 0 Å². The normalized spacial score (nSPS) is 19.6. The maximum Gasteiger partial charge on any atom is 0.274 e. The molecule has 0 aromatic carbocycles. The molecule has 2 heterocycles. The summed E-state index contributed by atoms with van der Waals surface area (Å²) in [6, 6.07) is 0.433. The highest BCUT2D eigenvalue weighted by atomic mass is 16.2. The lowest BCUT2D eigenvalue weighted by atomic mass is 10.0. The molecule has 1 amide bonds. The monoisotopic (exact) mass is 263 g/mol. The van der Waals surface area contributed by atoms with E-state index in [4.69, 9.17) is 0 Å². The minimum absolute atomic E-state index is 0.0262. The molecule has 0 radical (unpaired) electrons. The third kappa shape index (κ3) is 3.20. The topological polar surface area (TPSA) is 61.4 Å². The van der Waals surface area contributed by atoms with Crippen molar-refractivity contribution in [2.45, 2.75) is 18.9 Å². The SMILES string of the molecule is CNc1cnc(C(=O)N2CCCC(N(C)C)C2)cn1. The highest BCUT2D eigenvalue weighted by molar-refractivity contribution is 5.92.